The Bertz CT molecular complexity index is 1160. The van der Waals surface area contributed by atoms with Gasteiger partial charge in [-0.2, -0.15) is 5.10 Å². The maximum atomic E-state index is 13.9. The Kier molecular flexibility index (Phi) is 5.42. The molecule has 5 rings (SSSR count). The first-order chi connectivity index (χ1) is 15.2. The highest BCUT2D eigenvalue weighted by Gasteiger charge is 2.20. The Balaban J connectivity index is 1.18. The summed E-state index contributed by atoms with van der Waals surface area (Å²) in [6, 6.07) is 9.86. The Hall–Kier alpha value is -3.19. The number of hydrogen-bond donors (Lipinski definition) is 2. The zero-order chi connectivity index (χ0) is 21.2. The first-order valence-corrected chi connectivity index (χ1v) is 10.7. The van der Waals surface area contributed by atoms with Gasteiger partial charge in [0, 0.05) is 66.3 Å². The Morgan fingerprint density at radius 2 is 1.74 bits per heavy atom. The summed E-state index contributed by atoms with van der Waals surface area (Å²) in [6.45, 7) is 4.73. The van der Waals surface area contributed by atoms with Crippen LogP contribution in [0.15, 0.2) is 55.0 Å². The molecule has 0 spiro atoms. The number of H-pyrrole nitrogens is 2. The predicted octanol–water partition coefficient (Wildman–Crippen LogP) is 4.59. The van der Waals surface area contributed by atoms with E-state index in [4.69, 9.17) is 0 Å². The molecule has 0 radical (unpaired) electrons. The van der Waals surface area contributed by atoms with Gasteiger partial charge in [0.25, 0.3) is 0 Å². The zero-order valence-electron chi connectivity index (χ0n) is 17.2. The first kappa shape index (κ1) is 19.8. The quantitative estimate of drug-likeness (QED) is 0.479. The summed E-state index contributed by atoms with van der Waals surface area (Å²) in [5.41, 5.74) is 4.96. The standard InChI is InChI=1S/C24H25F2N5/c25-19-3-5-23-21(12-19)17(14-27-23)2-1-7-30-8-10-31(11-9-30)24-6-4-20(26)13-22(24)18-15-28-29-16-18/h3-6,12-16,27H,1-2,7-11H2,(H,28,29). The van der Waals surface area contributed by atoms with E-state index in [0.29, 0.717) is 0 Å². The molecule has 160 valence electrons. The van der Waals surface area contributed by atoms with E-state index in [1.807, 2.05) is 12.3 Å². The minimum absolute atomic E-state index is 0.194. The van der Waals surface area contributed by atoms with Crippen molar-refractivity contribution in [2.75, 3.05) is 37.6 Å². The van der Waals surface area contributed by atoms with Gasteiger partial charge < -0.3 is 9.88 Å². The lowest BCUT2D eigenvalue weighted by atomic mass is 10.1. The van der Waals surface area contributed by atoms with Crippen molar-refractivity contribution in [1.82, 2.24) is 20.1 Å². The molecule has 3 heterocycles. The number of anilines is 1. The molecule has 1 aliphatic heterocycles. The second-order valence-electron chi connectivity index (χ2n) is 8.08. The van der Waals surface area contributed by atoms with Gasteiger partial charge in [-0.1, -0.05) is 0 Å². The van der Waals surface area contributed by atoms with Crippen molar-refractivity contribution in [2.24, 2.45) is 0 Å². The van der Waals surface area contributed by atoms with Crippen molar-refractivity contribution in [3.8, 4) is 11.1 Å². The maximum Gasteiger partial charge on any atom is 0.123 e. The van der Waals surface area contributed by atoms with E-state index in [-0.39, 0.29) is 11.6 Å². The molecule has 7 heteroatoms. The van der Waals surface area contributed by atoms with E-state index in [0.717, 1.165) is 73.3 Å². The fraction of sp³-hybridized carbons (Fsp3) is 0.292. The van der Waals surface area contributed by atoms with E-state index in [1.165, 1.54) is 17.7 Å². The number of nitrogens with one attached hydrogen (secondary N) is 2. The molecule has 1 fully saturated rings. The smallest absolute Gasteiger partial charge is 0.123 e. The van der Waals surface area contributed by atoms with Crippen LogP contribution < -0.4 is 4.90 Å². The zero-order valence-corrected chi connectivity index (χ0v) is 17.2. The monoisotopic (exact) mass is 421 g/mol. The summed E-state index contributed by atoms with van der Waals surface area (Å²) in [7, 11) is 0. The summed E-state index contributed by atoms with van der Waals surface area (Å²) >= 11 is 0. The second-order valence-corrected chi connectivity index (χ2v) is 8.08. The first-order valence-electron chi connectivity index (χ1n) is 10.7. The summed E-state index contributed by atoms with van der Waals surface area (Å²) in [5.74, 6) is -0.434. The second kappa shape index (κ2) is 8.51. The van der Waals surface area contributed by atoms with Crippen molar-refractivity contribution in [3.63, 3.8) is 0 Å². The van der Waals surface area contributed by atoms with Crippen molar-refractivity contribution in [3.05, 3.63) is 72.2 Å². The highest BCUT2D eigenvalue weighted by atomic mass is 19.1. The van der Waals surface area contributed by atoms with Gasteiger partial charge in [0.1, 0.15) is 11.6 Å². The largest absolute Gasteiger partial charge is 0.368 e. The SMILES string of the molecule is Fc1ccc(N2CCN(CCCc3c[nH]c4ccc(F)cc34)CC2)c(-c2cn[nH]c2)c1. The molecule has 0 unspecified atom stereocenters. The molecule has 4 aromatic rings. The van der Waals surface area contributed by atoms with Crippen molar-refractivity contribution in [1.29, 1.82) is 0 Å². The molecule has 0 saturated carbocycles. The van der Waals surface area contributed by atoms with Crippen LogP contribution in [0.1, 0.15) is 12.0 Å². The number of piperazine rings is 1. The lowest BCUT2D eigenvalue weighted by molar-refractivity contribution is 0.255. The third-order valence-corrected chi connectivity index (χ3v) is 6.13. The molecular weight excluding hydrogens is 396 g/mol. The van der Waals surface area contributed by atoms with Gasteiger partial charge in [0.2, 0.25) is 0 Å². The average Bonchev–Trinajstić information content (AvgIpc) is 3.45. The van der Waals surface area contributed by atoms with Crippen molar-refractivity contribution >= 4 is 16.6 Å². The third-order valence-electron chi connectivity index (χ3n) is 6.13. The van der Waals surface area contributed by atoms with Crippen LogP contribution in [0, 0.1) is 11.6 Å². The summed E-state index contributed by atoms with van der Waals surface area (Å²) < 4.78 is 27.4. The number of hydrogen-bond acceptors (Lipinski definition) is 3. The van der Waals surface area contributed by atoms with Crippen LogP contribution >= 0.6 is 0 Å². The van der Waals surface area contributed by atoms with E-state index in [1.54, 1.807) is 30.6 Å². The number of fused-ring (bicyclic) bond motifs is 1. The summed E-state index contributed by atoms with van der Waals surface area (Å²) in [5, 5.41) is 7.80. The van der Waals surface area contributed by atoms with Crippen molar-refractivity contribution < 1.29 is 8.78 Å². The van der Waals surface area contributed by atoms with Crippen LogP contribution in [0.4, 0.5) is 14.5 Å². The molecule has 0 amide bonds. The highest BCUT2D eigenvalue weighted by molar-refractivity contribution is 5.83. The van der Waals surface area contributed by atoms with Crippen LogP contribution in [0.5, 0.6) is 0 Å². The summed E-state index contributed by atoms with van der Waals surface area (Å²) in [4.78, 5) is 8.01. The maximum absolute atomic E-state index is 13.9. The van der Waals surface area contributed by atoms with Crippen LogP contribution in [0.3, 0.4) is 0 Å². The Labute approximate surface area is 179 Å². The molecule has 1 saturated heterocycles. The van der Waals surface area contributed by atoms with E-state index < -0.39 is 0 Å². The Morgan fingerprint density at radius 3 is 2.55 bits per heavy atom. The van der Waals surface area contributed by atoms with Gasteiger partial charge in [-0.05, 0) is 61.3 Å². The number of aromatic nitrogens is 3. The number of rotatable bonds is 6. The normalized spacial score (nSPS) is 15.1. The van der Waals surface area contributed by atoms with Gasteiger partial charge in [-0.25, -0.2) is 8.78 Å². The van der Waals surface area contributed by atoms with E-state index in [9.17, 15) is 8.78 Å². The summed E-state index contributed by atoms with van der Waals surface area (Å²) in [6.07, 6.45) is 7.47. The molecule has 2 N–H and O–H groups in total. The van der Waals surface area contributed by atoms with Crippen LogP contribution in [0.2, 0.25) is 0 Å². The molecule has 2 aromatic heterocycles. The fourth-order valence-corrected chi connectivity index (χ4v) is 4.48. The number of aromatic amines is 2. The number of aryl methyl sites for hydroxylation is 1. The van der Waals surface area contributed by atoms with Crippen molar-refractivity contribution in [2.45, 2.75) is 12.8 Å². The molecule has 0 atom stereocenters. The molecule has 5 nitrogen and oxygen atoms in total. The van der Waals surface area contributed by atoms with Crippen LogP contribution in [-0.2, 0) is 6.42 Å². The fourth-order valence-electron chi connectivity index (χ4n) is 4.48. The lowest BCUT2D eigenvalue weighted by Crippen LogP contribution is -2.46. The minimum Gasteiger partial charge on any atom is -0.368 e. The third kappa shape index (κ3) is 4.18. The molecule has 0 aliphatic carbocycles. The van der Waals surface area contributed by atoms with Crippen LogP contribution in [0.25, 0.3) is 22.0 Å². The van der Waals surface area contributed by atoms with E-state index >= 15 is 0 Å². The van der Waals surface area contributed by atoms with Gasteiger partial charge in [0.15, 0.2) is 0 Å². The minimum atomic E-state index is -0.240. The molecule has 1 aliphatic rings. The Morgan fingerprint density at radius 1 is 0.935 bits per heavy atom. The molecule has 2 aromatic carbocycles. The predicted molar refractivity (Wildman–Crippen MR) is 119 cm³/mol. The average molecular weight is 421 g/mol. The number of nitrogens with zero attached hydrogens (tertiary/aromatic N) is 3. The highest BCUT2D eigenvalue weighted by Crippen LogP contribution is 2.32. The number of halogens is 2. The molecule has 31 heavy (non-hydrogen) atoms. The van der Waals surface area contributed by atoms with Gasteiger partial charge >= 0.3 is 0 Å². The van der Waals surface area contributed by atoms with Gasteiger partial charge in [-0.15, -0.1) is 0 Å². The topological polar surface area (TPSA) is 50.9 Å². The number of benzene rings is 2. The van der Waals surface area contributed by atoms with E-state index in [2.05, 4.69) is 25.0 Å². The molecule has 0 bridgehead atoms. The molecular formula is C24H25F2N5. The van der Waals surface area contributed by atoms with Gasteiger partial charge in [0.05, 0.1) is 6.20 Å². The van der Waals surface area contributed by atoms with Crippen LogP contribution in [-0.4, -0.2) is 52.8 Å². The lowest BCUT2D eigenvalue weighted by Gasteiger charge is -2.37. The van der Waals surface area contributed by atoms with Gasteiger partial charge in [-0.3, -0.25) is 10.00 Å².